The van der Waals surface area contributed by atoms with E-state index in [1.54, 1.807) is 0 Å². The molecule has 3 aliphatic carbocycles. The Morgan fingerprint density at radius 3 is 2.83 bits per heavy atom. The summed E-state index contributed by atoms with van der Waals surface area (Å²) in [5.41, 5.74) is 7.54. The maximum Gasteiger partial charge on any atom is 0.225 e. The largest absolute Gasteiger partial charge is 0.352 e. The van der Waals surface area contributed by atoms with E-state index in [1.807, 2.05) is 0 Å². The van der Waals surface area contributed by atoms with Crippen LogP contribution in [0.25, 0.3) is 0 Å². The van der Waals surface area contributed by atoms with Gasteiger partial charge >= 0.3 is 0 Å². The molecule has 98 valence electrons. The van der Waals surface area contributed by atoms with Gasteiger partial charge < -0.3 is 11.1 Å². The lowest BCUT2D eigenvalue weighted by molar-refractivity contribution is -0.125. The Morgan fingerprint density at radius 1 is 1.33 bits per heavy atom. The number of hydrogen-bond donors (Lipinski definition) is 2. The summed E-state index contributed by atoms with van der Waals surface area (Å²) in [4.78, 5) is 12.2. The molecule has 0 aromatic heterocycles. The van der Waals surface area contributed by atoms with Crippen LogP contribution in [0.15, 0.2) is 23.8 Å². The van der Waals surface area contributed by atoms with Gasteiger partial charge in [0.2, 0.25) is 5.91 Å². The second-order valence-electron chi connectivity index (χ2n) is 5.88. The van der Waals surface area contributed by atoms with Crippen LogP contribution in [-0.4, -0.2) is 18.5 Å². The van der Waals surface area contributed by atoms with Gasteiger partial charge in [-0.3, -0.25) is 4.79 Å². The van der Waals surface area contributed by atoms with Crippen LogP contribution in [0.4, 0.5) is 0 Å². The third-order valence-electron chi connectivity index (χ3n) is 4.70. The third kappa shape index (κ3) is 2.12. The quantitative estimate of drug-likeness (QED) is 0.745. The highest BCUT2D eigenvalue weighted by atomic mass is 16.1. The van der Waals surface area contributed by atoms with Gasteiger partial charge in [-0.15, -0.1) is 0 Å². The lowest BCUT2D eigenvalue weighted by Gasteiger charge is -2.24. The van der Waals surface area contributed by atoms with Gasteiger partial charge in [-0.25, -0.2) is 0 Å². The maximum absolute atomic E-state index is 12.2. The summed E-state index contributed by atoms with van der Waals surface area (Å²) in [6.07, 6.45) is 12.6. The van der Waals surface area contributed by atoms with E-state index >= 15 is 0 Å². The van der Waals surface area contributed by atoms with Gasteiger partial charge in [-0.05, 0) is 43.9 Å². The van der Waals surface area contributed by atoms with Crippen molar-refractivity contribution < 1.29 is 4.79 Å². The highest BCUT2D eigenvalue weighted by Gasteiger charge is 2.46. The fourth-order valence-electron chi connectivity index (χ4n) is 3.61. The topological polar surface area (TPSA) is 55.1 Å². The lowest BCUT2D eigenvalue weighted by Crippen LogP contribution is -2.44. The van der Waals surface area contributed by atoms with Gasteiger partial charge in [0.05, 0.1) is 5.92 Å². The molecule has 0 radical (unpaired) electrons. The normalized spacial score (nSPS) is 37.7. The van der Waals surface area contributed by atoms with E-state index in [2.05, 4.69) is 23.5 Å². The Kier molecular flexibility index (Phi) is 3.25. The van der Waals surface area contributed by atoms with Crippen molar-refractivity contribution in [2.75, 3.05) is 6.54 Å². The smallest absolute Gasteiger partial charge is 0.225 e. The molecule has 0 heterocycles. The monoisotopic (exact) mass is 246 g/mol. The molecule has 18 heavy (non-hydrogen) atoms. The van der Waals surface area contributed by atoms with Gasteiger partial charge in [0, 0.05) is 12.6 Å². The number of fused-ring (bicyclic) bond motifs is 2. The van der Waals surface area contributed by atoms with E-state index in [0.29, 0.717) is 11.8 Å². The molecule has 3 heteroatoms. The van der Waals surface area contributed by atoms with Crippen LogP contribution in [0.3, 0.4) is 0 Å². The number of carbonyl (C=O) groups is 1. The molecular weight excluding hydrogens is 224 g/mol. The Balaban J connectivity index is 1.56. The lowest BCUT2D eigenvalue weighted by atomic mass is 9.88. The molecule has 4 atom stereocenters. The van der Waals surface area contributed by atoms with Crippen molar-refractivity contribution in [1.29, 1.82) is 0 Å². The number of amides is 1. The second kappa shape index (κ2) is 4.88. The summed E-state index contributed by atoms with van der Waals surface area (Å²) in [5.74, 6) is 0.972. The zero-order valence-corrected chi connectivity index (χ0v) is 10.8. The van der Waals surface area contributed by atoms with Gasteiger partial charge in [0.1, 0.15) is 0 Å². The Bertz CT molecular complexity index is 399. The first-order valence-corrected chi connectivity index (χ1v) is 7.15. The minimum Gasteiger partial charge on any atom is -0.352 e. The minimum atomic E-state index is 0.00388. The Hall–Kier alpha value is -1.09. The van der Waals surface area contributed by atoms with Crippen LogP contribution < -0.4 is 11.1 Å². The summed E-state index contributed by atoms with van der Waals surface area (Å²) in [6.45, 7) is 0.725. The Morgan fingerprint density at radius 2 is 2.17 bits per heavy atom. The number of rotatable bonds is 3. The van der Waals surface area contributed by atoms with Crippen molar-refractivity contribution in [1.82, 2.24) is 5.32 Å². The molecule has 0 aromatic rings. The van der Waals surface area contributed by atoms with Crippen molar-refractivity contribution >= 4 is 5.91 Å². The molecule has 3 rings (SSSR count). The van der Waals surface area contributed by atoms with E-state index in [1.165, 1.54) is 24.8 Å². The number of nitrogens with one attached hydrogen (secondary N) is 1. The zero-order chi connectivity index (χ0) is 12.5. The molecule has 0 aliphatic heterocycles. The Labute approximate surface area is 109 Å². The molecule has 0 saturated heterocycles. The third-order valence-corrected chi connectivity index (χ3v) is 4.70. The molecule has 1 fully saturated rings. The number of nitrogens with two attached hydrogens (primary N) is 1. The van der Waals surface area contributed by atoms with E-state index in [9.17, 15) is 4.79 Å². The SMILES string of the molecule is N[C@@H]1[C@H](C(=O)NCC2=CCCCC2)[C@@H]2C=C[C@H]1C2. The zero-order valence-electron chi connectivity index (χ0n) is 10.8. The molecule has 1 amide bonds. The van der Waals surface area contributed by atoms with Crippen LogP contribution in [0.5, 0.6) is 0 Å². The van der Waals surface area contributed by atoms with Crippen LogP contribution in [0, 0.1) is 17.8 Å². The van der Waals surface area contributed by atoms with E-state index in [4.69, 9.17) is 5.73 Å². The average Bonchev–Trinajstić information content (AvgIpc) is 2.98. The van der Waals surface area contributed by atoms with E-state index < -0.39 is 0 Å². The first-order valence-electron chi connectivity index (χ1n) is 7.15. The summed E-state index contributed by atoms with van der Waals surface area (Å²) in [5, 5.41) is 3.09. The van der Waals surface area contributed by atoms with Crippen molar-refractivity contribution in [3.05, 3.63) is 23.8 Å². The number of allylic oxidation sites excluding steroid dienone is 2. The van der Waals surface area contributed by atoms with Crippen LogP contribution >= 0.6 is 0 Å². The standard InChI is InChI=1S/C15H22N2O/c16-14-12-7-6-11(8-12)13(14)15(18)17-9-10-4-2-1-3-5-10/h4,6-7,11-14H,1-3,5,8-9,16H2,(H,17,18)/t11-,12+,13-,14+/m1/s1. The molecule has 0 unspecified atom stereocenters. The summed E-state index contributed by atoms with van der Waals surface area (Å²) >= 11 is 0. The predicted octanol–water partition coefficient (Wildman–Crippen LogP) is 1.75. The summed E-state index contributed by atoms with van der Waals surface area (Å²) in [6, 6.07) is 0.0281. The fourth-order valence-corrected chi connectivity index (χ4v) is 3.61. The van der Waals surface area contributed by atoms with Crippen LogP contribution in [0.1, 0.15) is 32.1 Å². The van der Waals surface area contributed by atoms with Crippen molar-refractivity contribution in [3.8, 4) is 0 Å². The van der Waals surface area contributed by atoms with E-state index in [0.717, 1.165) is 19.4 Å². The second-order valence-corrected chi connectivity index (χ2v) is 5.88. The highest BCUT2D eigenvalue weighted by molar-refractivity contribution is 5.81. The number of hydrogen-bond acceptors (Lipinski definition) is 2. The fraction of sp³-hybridized carbons (Fsp3) is 0.667. The highest BCUT2D eigenvalue weighted by Crippen LogP contribution is 2.42. The van der Waals surface area contributed by atoms with E-state index in [-0.39, 0.29) is 17.9 Å². The van der Waals surface area contributed by atoms with Gasteiger partial charge in [-0.1, -0.05) is 23.8 Å². The molecule has 0 aromatic carbocycles. The summed E-state index contributed by atoms with van der Waals surface area (Å²) < 4.78 is 0. The first-order chi connectivity index (χ1) is 8.75. The van der Waals surface area contributed by atoms with Crippen molar-refractivity contribution in [2.24, 2.45) is 23.5 Å². The molecule has 3 nitrogen and oxygen atoms in total. The van der Waals surface area contributed by atoms with Crippen LogP contribution in [0.2, 0.25) is 0 Å². The first kappa shape index (κ1) is 12.0. The van der Waals surface area contributed by atoms with Gasteiger partial charge in [0.15, 0.2) is 0 Å². The summed E-state index contributed by atoms with van der Waals surface area (Å²) in [7, 11) is 0. The van der Waals surface area contributed by atoms with Gasteiger partial charge in [-0.2, -0.15) is 0 Å². The molecule has 2 bridgehead atoms. The molecule has 3 aliphatic rings. The predicted molar refractivity (Wildman–Crippen MR) is 71.8 cm³/mol. The van der Waals surface area contributed by atoms with Crippen molar-refractivity contribution in [3.63, 3.8) is 0 Å². The molecule has 1 saturated carbocycles. The maximum atomic E-state index is 12.2. The minimum absolute atomic E-state index is 0.00388. The molecular formula is C15H22N2O. The molecule has 3 N–H and O–H groups in total. The number of carbonyl (C=O) groups excluding carboxylic acids is 1. The van der Waals surface area contributed by atoms with Crippen molar-refractivity contribution in [2.45, 2.75) is 38.1 Å². The van der Waals surface area contributed by atoms with Gasteiger partial charge in [0.25, 0.3) is 0 Å². The average molecular weight is 246 g/mol. The molecule has 0 spiro atoms. The van der Waals surface area contributed by atoms with Crippen LogP contribution in [-0.2, 0) is 4.79 Å².